The molecule has 0 amide bonds. The van der Waals surface area contributed by atoms with Crippen molar-refractivity contribution in [1.29, 1.82) is 0 Å². The first kappa shape index (κ1) is 15.5. The van der Waals surface area contributed by atoms with Crippen molar-refractivity contribution in [2.75, 3.05) is 46.3 Å². The maximum atomic E-state index is 11.4. The number of likely N-dealkylation sites (N-methyl/N-ethyl adjacent to an activating group) is 1. The Hall–Kier alpha value is -1.43. The Morgan fingerprint density at radius 2 is 1.91 bits per heavy atom. The van der Waals surface area contributed by atoms with Gasteiger partial charge in [0.05, 0.1) is 5.92 Å². The SMILES string of the molecule is CN1C[C@H](C(=O)O)CN2CCN(Cc3ccccc3)C[C@@H]2C1. The molecule has 0 unspecified atom stereocenters. The van der Waals surface area contributed by atoms with E-state index in [9.17, 15) is 9.90 Å². The molecule has 2 fully saturated rings. The summed E-state index contributed by atoms with van der Waals surface area (Å²) in [6.45, 7) is 6.28. The van der Waals surface area contributed by atoms with Crippen molar-refractivity contribution in [2.45, 2.75) is 12.6 Å². The number of nitrogens with zero attached hydrogens (tertiary/aromatic N) is 3. The number of hydrogen-bond donors (Lipinski definition) is 1. The normalized spacial score (nSPS) is 28.0. The summed E-state index contributed by atoms with van der Waals surface area (Å²) in [7, 11) is 2.04. The summed E-state index contributed by atoms with van der Waals surface area (Å²) in [6.07, 6.45) is 0. The van der Waals surface area contributed by atoms with Crippen LogP contribution in [0.25, 0.3) is 0 Å². The van der Waals surface area contributed by atoms with Crippen LogP contribution in [0.15, 0.2) is 30.3 Å². The Morgan fingerprint density at radius 1 is 1.14 bits per heavy atom. The molecule has 2 aliphatic heterocycles. The van der Waals surface area contributed by atoms with Crippen molar-refractivity contribution in [3.8, 4) is 0 Å². The summed E-state index contributed by atoms with van der Waals surface area (Å²) in [5, 5.41) is 9.35. The Balaban J connectivity index is 1.63. The second kappa shape index (κ2) is 6.77. The first-order valence-electron chi connectivity index (χ1n) is 8.03. The highest BCUT2D eigenvalue weighted by atomic mass is 16.4. The molecular weight excluding hydrogens is 278 g/mol. The maximum Gasteiger partial charge on any atom is 0.309 e. The van der Waals surface area contributed by atoms with Crippen molar-refractivity contribution >= 4 is 5.97 Å². The van der Waals surface area contributed by atoms with Gasteiger partial charge in [-0.25, -0.2) is 0 Å². The summed E-state index contributed by atoms with van der Waals surface area (Å²) >= 11 is 0. The first-order chi connectivity index (χ1) is 10.6. The number of carboxylic acid groups (broad SMARTS) is 1. The van der Waals surface area contributed by atoms with E-state index >= 15 is 0 Å². The third-order valence-electron chi connectivity index (χ3n) is 4.80. The Kier molecular flexibility index (Phi) is 4.76. The van der Waals surface area contributed by atoms with Crippen LogP contribution in [-0.4, -0.2) is 78.1 Å². The van der Waals surface area contributed by atoms with Crippen LogP contribution in [0.2, 0.25) is 0 Å². The van der Waals surface area contributed by atoms with Gasteiger partial charge in [0, 0.05) is 51.9 Å². The van der Waals surface area contributed by atoms with Gasteiger partial charge in [0.15, 0.2) is 0 Å². The fourth-order valence-electron chi connectivity index (χ4n) is 3.66. The topological polar surface area (TPSA) is 47.0 Å². The summed E-state index contributed by atoms with van der Waals surface area (Å²) < 4.78 is 0. The molecule has 0 spiro atoms. The van der Waals surface area contributed by atoms with Gasteiger partial charge in [-0.1, -0.05) is 30.3 Å². The third kappa shape index (κ3) is 3.66. The monoisotopic (exact) mass is 303 g/mol. The Morgan fingerprint density at radius 3 is 2.64 bits per heavy atom. The van der Waals surface area contributed by atoms with E-state index < -0.39 is 5.97 Å². The second-order valence-corrected chi connectivity index (χ2v) is 6.63. The lowest BCUT2D eigenvalue weighted by Crippen LogP contribution is -2.55. The van der Waals surface area contributed by atoms with Gasteiger partial charge in [0.25, 0.3) is 0 Å². The fourth-order valence-corrected chi connectivity index (χ4v) is 3.66. The standard InChI is InChI=1S/C17H25N3O2/c1-18-10-15(17(21)22)11-20-8-7-19(13-16(20)12-18)9-14-5-3-2-4-6-14/h2-6,15-16H,7-13H2,1H3,(H,21,22)/t15-,16-/m0/s1. The molecule has 1 N–H and O–H groups in total. The average Bonchev–Trinajstić information content (AvgIpc) is 2.66. The first-order valence-corrected chi connectivity index (χ1v) is 8.03. The molecule has 2 atom stereocenters. The molecule has 0 aromatic heterocycles. The largest absolute Gasteiger partial charge is 0.481 e. The van der Waals surface area contributed by atoms with Crippen LogP contribution in [0.4, 0.5) is 0 Å². The minimum atomic E-state index is -0.667. The lowest BCUT2D eigenvalue weighted by atomic mass is 10.1. The molecule has 1 aromatic rings. The molecule has 0 bridgehead atoms. The van der Waals surface area contributed by atoms with E-state index in [-0.39, 0.29) is 5.92 Å². The van der Waals surface area contributed by atoms with E-state index in [4.69, 9.17) is 0 Å². The number of piperazine rings is 1. The summed E-state index contributed by atoms with van der Waals surface area (Å²) in [4.78, 5) is 18.4. The van der Waals surface area contributed by atoms with Crippen LogP contribution in [-0.2, 0) is 11.3 Å². The molecule has 0 saturated carbocycles. The van der Waals surface area contributed by atoms with E-state index in [0.29, 0.717) is 19.1 Å². The Labute approximate surface area is 132 Å². The van der Waals surface area contributed by atoms with E-state index in [2.05, 4.69) is 39.0 Å². The zero-order chi connectivity index (χ0) is 15.5. The minimum absolute atomic E-state index is 0.268. The molecule has 5 nitrogen and oxygen atoms in total. The molecule has 0 aliphatic carbocycles. The smallest absolute Gasteiger partial charge is 0.309 e. The summed E-state index contributed by atoms with van der Waals surface area (Å²) in [5.74, 6) is -0.935. The van der Waals surface area contributed by atoms with Gasteiger partial charge in [-0.15, -0.1) is 0 Å². The molecule has 2 saturated heterocycles. The van der Waals surface area contributed by atoms with Gasteiger partial charge in [-0.05, 0) is 12.6 Å². The molecule has 0 radical (unpaired) electrons. The molecule has 3 rings (SSSR count). The third-order valence-corrected chi connectivity index (χ3v) is 4.80. The van der Waals surface area contributed by atoms with Gasteiger partial charge in [0.2, 0.25) is 0 Å². The lowest BCUT2D eigenvalue weighted by molar-refractivity contribution is -0.142. The molecule has 1 aromatic carbocycles. The number of carbonyl (C=O) groups is 1. The number of hydrogen-bond acceptors (Lipinski definition) is 4. The number of fused-ring (bicyclic) bond motifs is 1. The van der Waals surface area contributed by atoms with Crippen molar-refractivity contribution in [3.05, 3.63) is 35.9 Å². The van der Waals surface area contributed by atoms with Crippen LogP contribution in [0.3, 0.4) is 0 Å². The van der Waals surface area contributed by atoms with Crippen LogP contribution >= 0.6 is 0 Å². The Bertz CT molecular complexity index is 508. The predicted octanol–water partition coefficient (Wildman–Crippen LogP) is 0.819. The van der Waals surface area contributed by atoms with E-state index in [1.807, 2.05) is 13.1 Å². The summed E-state index contributed by atoms with van der Waals surface area (Å²) in [6, 6.07) is 11.0. The minimum Gasteiger partial charge on any atom is -0.481 e. The van der Waals surface area contributed by atoms with Crippen molar-refractivity contribution < 1.29 is 9.90 Å². The molecule has 120 valence electrons. The van der Waals surface area contributed by atoms with Gasteiger partial charge in [0.1, 0.15) is 0 Å². The van der Waals surface area contributed by atoms with E-state index in [1.54, 1.807) is 0 Å². The highest BCUT2D eigenvalue weighted by molar-refractivity contribution is 5.70. The molecule has 2 aliphatic rings. The molecule has 22 heavy (non-hydrogen) atoms. The zero-order valence-electron chi connectivity index (χ0n) is 13.2. The average molecular weight is 303 g/mol. The number of rotatable bonds is 3. The molecule has 5 heteroatoms. The maximum absolute atomic E-state index is 11.4. The number of carboxylic acids is 1. The van der Waals surface area contributed by atoms with Gasteiger partial charge >= 0.3 is 5.97 Å². The van der Waals surface area contributed by atoms with Crippen molar-refractivity contribution in [2.24, 2.45) is 5.92 Å². The predicted molar refractivity (Wildman–Crippen MR) is 85.7 cm³/mol. The second-order valence-electron chi connectivity index (χ2n) is 6.63. The van der Waals surface area contributed by atoms with Crippen LogP contribution in [0, 0.1) is 5.92 Å². The number of aliphatic carboxylic acids is 1. The van der Waals surface area contributed by atoms with E-state index in [1.165, 1.54) is 5.56 Å². The van der Waals surface area contributed by atoms with Crippen LogP contribution in [0.1, 0.15) is 5.56 Å². The summed E-state index contributed by atoms with van der Waals surface area (Å²) in [5.41, 5.74) is 1.35. The van der Waals surface area contributed by atoms with Gasteiger partial charge < -0.3 is 10.0 Å². The quantitative estimate of drug-likeness (QED) is 0.896. The number of benzene rings is 1. The zero-order valence-corrected chi connectivity index (χ0v) is 13.2. The van der Waals surface area contributed by atoms with Crippen LogP contribution < -0.4 is 0 Å². The van der Waals surface area contributed by atoms with Crippen LogP contribution in [0.5, 0.6) is 0 Å². The molecular formula is C17H25N3O2. The lowest BCUT2D eigenvalue weighted by Gasteiger charge is -2.41. The van der Waals surface area contributed by atoms with Gasteiger partial charge in [-0.3, -0.25) is 14.6 Å². The molecule has 2 heterocycles. The highest BCUT2D eigenvalue weighted by Gasteiger charge is 2.35. The fraction of sp³-hybridized carbons (Fsp3) is 0.588. The van der Waals surface area contributed by atoms with Crippen molar-refractivity contribution in [3.63, 3.8) is 0 Å². The highest BCUT2D eigenvalue weighted by Crippen LogP contribution is 2.19. The van der Waals surface area contributed by atoms with Gasteiger partial charge in [-0.2, -0.15) is 0 Å². The van der Waals surface area contributed by atoms with Crippen molar-refractivity contribution in [1.82, 2.24) is 14.7 Å². The van der Waals surface area contributed by atoms with E-state index in [0.717, 1.165) is 32.7 Å².